The van der Waals surface area contributed by atoms with Crippen molar-refractivity contribution in [2.45, 2.75) is 25.4 Å². The number of aryl methyl sites for hydroxylation is 1. The maximum absolute atomic E-state index is 13.0. The first kappa shape index (κ1) is 20.5. The Morgan fingerprint density at radius 3 is 2.63 bits per heavy atom. The molecule has 1 saturated heterocycles. The Kier molecular flexibility index (Phi) is 5.56. The summed E-state index contributed by atoms with van der Waals surface area (Å²) in [6.07, 6.45) is -1.64. The second-order valence-electron chi connectivity index (χ2n) is 7.48. The van der Waals surface area contributed by atoms with Gasteiger partial charge in [0.25, 0.3) is 5.91 Å². The van der Waals surface area contributed by atoms with Gasteiger partial charge in [-0.15, -0.1) is 11.3 Å². The van der Waals surface area contributed by atoms with Crippen LogP contribution in [0.4, 0.5) is 13.2 Å². The van der Waals surface area contributed by atoms with Gasteiger partial charge in [0.05, 0.1) is 9.75 Å². The van der Waals surface area contributed by atoms with Crippen LogP contribution in [0.25, 0.3) is 10.6 Å². The zero-order chi connectivity index (χ0) is 21.3. The van der Waals surface area contributed by atoms with E-state index >= 15 is 0 Å². The van der Waals surface area contributed by atoms with E-state index < -0.39 is 11.9 Å². The van der Waals surface area contributed by atoms with Crippen molar-refractivity contribution >= 4 is 17.2 Å². The third kappa shape index (κ3) is 4.36. The minimum atomic E-state index is -4.46. The summed E-state index contributed by atoms with van der Waals surface area (Å²) >= 11 is 1.18. The first-order chi connectivity index (χ1) is 14.3. The van der Waals surface area contributed by atoms with Crippen molar-refractivity contribution in [2.75, 3.05) is 13.1 Å². The van der Waals surface area contributed by atoms with Gasteiger partial charge in [-0.3, -0.25) is 9.48 Å². The van der Waals surface area contributed by atoms with Gasteiger partial charge >= 0.3 is 6.18 Å². The number of piperidine rings is 1. The summed E-state index contributed by atoms with van der Waals surface area (Å²) in [7, 11) is 1.27. The van der Waals surface area contributed by atoms with Crippen LogP contribution in [0.5, 0.6) is 0 Å². The lowest BCUT2D eigenvalue weighted by Gasteiger charge is -2.31. The fourth-order valence-electron chi connectivity index (χ4n) is 3.78. The Bertz CT molecular complexity index is 1020. The van der Waals surface area contributed by atoms with Crippen molar-refractivity contribution < 1.29 is 18.0 Å². The molecule has 0 aliphatic carbocycles. The van der Waals surface area contributed by atoms with Crippen molar-refractivity contribution in [1.29, 1.82) is 0 Å². The molecular formula is C22H20F3N3OS. The molecule has 0 saturated carbocycles. The Hall–Kier alpha value is -2.79. The molecule has 3 aromatic rings. The molecule has 1 amide bonds. The highest BCUT2D eigenvalue weighted by Gasteiger charge is 2.35. The predicted octanol–water partition coefficient (Wildman–Crippen LogP) is 4.86. The van der Waals surface area contributed by atoms with Gasteiger partial charge in [-0.2, -0.15) is 18.3 Å². The normalized spacial score (nSPS) is 15.3. The number of hydrogen-bond acceptors (Lipinski definition) is 3. The average Bonchev–Trinajstić information content (AvgIpc) is 3.35. The summed E-state index contributed by atoms with van der Waals surface area (Å²) in [5.41, 5.74) is 0.647. The van der Waals surface area contributed by atoms with E-state index in [1.165, 1.54) is 23.9 Å². The summed E-state index contributed by atoms with van der Waals surface area (Å²) in [5, 5.41) is 3.96. The van der Waals surface area contributed by atoms with Gasteiger partial charge in [0.15, 0.2) is 0 Å². The second-order valence-corrected chi connectivity index (χ2v) is 8.56. The van der Waals surface area contributed by atoms with Crippen molar-refractivity contribution in [1.82, 2.24) is 14.7 Å². The molecule has 3 heterocycles. The number of nitrogens with zero attached hydrogens (tertiary/aromatic N) is 3. The van der Waals surface area contributed by atoms with Gasteiger partial charge in [0.1, 0.15) is 11.4 Å². The van der Waals surface area contributed by atoms with Crippen molar-refractivity contribution in [3.05, 3.63) is 64.7 Å². The number of likely N-dealkylation sites (tertiary alicyclic amines) is 1. The van der Waals surface area contributed by atoms with E-state index in [0.29, 0.717) is 28.8 Å². The number of carbonyl (C=O) groups is 1. The molecule has 0 atom stereocenters. The molecule has 156 valence electrons. The summed E-state index contributed by atoms with van der Waals surface area (Å²) in [4.78, 5) is 15.8. The van der Waals surface area contributed by atoms with Gasteiger partial charge < -0.3 is 4.90 Å². The summed E-state index contributed by atoms with van der Waals surface area (Å²) in [5.74, 6) is 0.456. The van der Waals surface area contributed by atoms with E-state index in [0.717, 1.165) is 30.0 Å². The molecule has 1 aliphatic rings. The molecule has 30 heavy (non-hydrogen) atoms. The van der Waals surface area contributed by atoms with E-state index in [9.17, 15) is 18.0 Å². The number of halogens is 3. The Morgan fingerprint density at radius 2 is 2.00 bits per heavy atom. The van der Waals surface area contributed by atoms with E-state index in [1.807, 2.05) is 23.1 Å². The fraction of sp³-hybridized carbons (Fsp3) is 0.364. The topological polar surface area (TPSA) is 38.1 Å². The first-order valence-electron chi connectivity index (χ1n) is 9.68. The van der Waals surface area contributed by atoms with Crippen molar-refractivity contribution in [3.8, 4) is 10.6 Å². The van der Waals surface area contributed by atoms with Crippen LogP contribution in [0.3, 0.4) is 0 Å². The molecule has 1 aliphatic heterocycles. The van der Waals surface area contributed by atoms with Crippen LogP contribution in [-0.2, 0) is 19.6 Å². The van der Waals surface area contributed by atoms with E-state index in [1.54, 1.807) is 12.1 Å². The summed E-state index contributed by atoms with van der Waals surface area (Å²) in [6, 6.07) is 16.1. The lowest BCUT2D eigenvalue weighted by atomic mass is 9.90. The van der Waals surface area contributed by atoms with Crippen LogP contribution in [0, 0.1) is 18.1 Å². The smallest absolute Gasteiger partial charge is 0.338 e. The van der Waals surface area contributed by atoms with Gasteiger partial charge in [-0.1, -0.05) is 12.1 Å². The molecular weight excluding hydrogens is 411 g/mol. The Labute approximate surface area is 176 Å². The standard InChI is InChI=1S/C22H20F3N3OS/c1-27-20(22(23,24)25)14-17(26-27)18-7-8-19(30-18)21(29)28-11-9-16(10-12-28)13-15-5-3-2-4-6-15/h3,5-8,14,16H,9-13H2,1H3. The SMILES string of the molecule is Cn1nc(-c2ccc(C(=O)N3CCC(Cc4cc#ccc4)CC3)s2)cc1C(F)(F)F. The predicted molar refractivity (Wildman–Crippen MR) is 108 cm³/mol. The molecule has 0 N–H and O–H groups in total. The van der Waals surface area contributed by atoms with Crippen LogP contribution in [0.15, 0.2) is 36.4 Å². The van der Waals surface area contributed by atoms with E-state index in [-0.39, 0.29) is 11.6 Å². The zero-order valence-corrected chi connectivity index (χ0v) is 17.2. The van der Waals surface area contributed by atoms with Crippen LogP contribution in [0.2, 0.25) is 0 Å². The first-order valence-corrected chi connectivity index (χ1v) is 10.5. The number of amides is 1. The van der Waals surface area contributed by atoms with Crippen molar-refractivity contribution in [3.63, 3.8) is 0 Å². The van der Waals surface area contributed by atoms with Crippen molar-refractivity contribution in [2.24, 2.45) is 13.0 Å². The minimum absolute atomic E-state index is 0.0701. The number of alkyl halides is 3. The Balaban J connectivity index is 1.39. The quantitative estimate of drug-likeness (QED) is 0.592. The Morgan fingerprint density at radius 1 is 1.23 bits per heavy atom. The highest BCUT2D eigenvalue weighted by molar-refractivity contribution is 7.17. The van der Waals surface area contributed by atoms with Crippen LogP contribution < -0.4 is 0 Å². The molecule has 0 spiro atoms. The minimum Gasteiger partial charge on any atom is -0.338 e. The number of thiophene rings is 1. The number of carbonyl (C=O) groups excluding carboxylic acids is 1. The maximum Gasteiger partial charge on any atom is 0.433 e. The molecule has 4 nitrogen and oxygen atoms in total. The van der Waals surface area contributed by atoms with Gasteiger partial charge in [0, 0.05) is 20.1 Å². The van der Waals surface area contributed by atoms with E-state index in [4.69, 9.17) is 0 Å². The third-order valence-corrected chi connectivity index (χ3v) is 6.48. The number of rotatable bonds is 4. The molecule has 1 fully saturated rings. The number of aromatic nitrogens is 2. The number of hydrogen-bond donors (Lipinski definition) is 0. The lowest BCUT2D eigenvalue weighted by molar-refractivity contribution is -0.143. The summed E-state index contributed by atoms with van der Waals surface area (Å²) in [6.45, 7) is 1.36. The highest BCUT2D eigenvalue weighted by Crippen LogP contribution is 2.34. The molecule has 0 radical (unpaired) electrons. The van der Waals surface area contributed by atoms with E-state index in [2.05, 4.69) is 17.2 Å². The average molecular weight is 431 g/mol. The maximum atomic E-state index is 13.0. The van der Waals surface area contributed by atoms with Crippen LogP contribution in [0.1, 0.15) is 33.8 Å². The van der Waals surface area contributed by atoms with Crippen LogP contribution >= 0.6 is 11.3 Å². The monoisotopic (exact) mass is 431 g/mol. The van der Waals surface area contributed by atoms with Gasteiger partial charge in [0.2, 0.25) is 0 Å². The summed E-state index contributed by atoms with van der Waals surface area (Å²) < 4.78 is 39.8. The van der Waals surface area contributed by atoms with Gasteiger partial charge in [-0.05, 0) is 67.1 Å². The molecule has 8 heteroatoms. The second kappa shape index (κ2) is 8.15. The van der Waals surface area contributed by atoms with Gasteiger partial charge in [-0.25, -0.2) is 0 Å². The highest BCUT2D eigenvalue weighted by atomic mass is 32.1. The molecule has 0 unspecified atom stereocenters. The molecule has 4 rings (SSSR count). The van der Waals surface area contributed by atoms with Crippen LogP contribution in [-0.4, -0.2) is 33.7 Å². The zero-order valence-electron chi connectivity index (χ0n) is 16.4. The fourth-order valence-corrected chi connectivity index (χ4v) is 4.71. The molecule has 0 bridgehead atoms. The molecule has 1 aromatic carbocycles. The third-order valence-electron chi connectivity index (χ3n) is 5.39. The lowest BCUT2D eigenvalue weighted by Crippen LogP contribution is -2.38. The molecule has 2 aromatic heterocycles. The largest absolute Gasteiger partial charge is 0.433 e.